The smallest absolute Gasteiger partial charge is 0.267 e. The van der Waals surface area contributed by atoms with Crippen LogP contribution < -0.4 is 21.7 Å². The van der Waals surface area contributed by atoms with Crippen LogP contribution in [0.25, 0.3) is 22.1 Å². The maximum absolute atomic E-state index is 13.3. The first-order valence-electron chi connectivity index (χ1n) is 18.2. The SMILES string of the molecule is O=C(CCCCCN1C(=O)C(=C2SC(=S)N(CCCCCC(=O)NNC(=O)CSc3nc4ccccc4[nH]3)C2=O)SC1=S)NNC(=O)CSc1nc2ccccc2[nH]1. The fourth-order valence-corrected chi connectivity index (χ4v) is 9.80. The van der Waals surface area contributed by atoms with Crippen LogP contribution in [-0.4, -0.2) is 98.4 Å². The Morgan fingerprint density at radius 3 is 1.40 bits per heavy atom. The molecule has 0 spiro atoms. The van der Waals surface area contributed by atoms with Gasteiger partial charge in [-0.1, -0.05) is 109 Å². The highest BCUT2D eigenvalue weighted by molar-refractivity contribution is 8.29. The lowest BCUT2D eigenvalue weighted by molar-refractivity contribution is -0.127. The third-order valence-electron chi connectivity index (χ3n) is 8.57. The summed E-state index contributed by atoms with van der Waals surface area (Å²) in [7, 11) is 0. The molecule has 2 saturated heterocycles. The Morgan fingerprint density at radius 1 is 0.586 bits per heavy atom. The van der Waals surface area contributed by atoms with Crippen molar-refractivity contribution in [2.24, 2.45) is 0 Å². The standard InChI is InChI=1S/C36H38N10O6S6/c47-25(41-43-27(49)19-55-33-37-21-11-5-6-12-22(21)38-33)15-3-1-9-17-45-31(51)29(57-35(45)53)30-32(52)46(36(54)58-30)18-10-2-4-16-26(48)42-44-28(50)20-56-34-39-23-13-7-8-14-24(23)40-34/h5-8,11-14H,1-4,9-10,15-20H2,(H,37,38)(H,39,40)(H,41,47)(H,42,48)(H,43,49)(H,44,50). The topological polar surface area (TPSA) is 214 Å². The molecule has 0 saturated carbocycles. The van der Waals surface area contributed by atoms with E-state index in [-0.39, 0.29) is 69.6 Å². The van der Waals surface area contributed by atoms with E-state index in [2.05, 4.69) is 41.6 Å². The molecule has 16 nitrogen and oxygen atoms in total. The van der Waals surface area contributed by atoms with Crippen molar-refractivity contribution in [3.05, 3.63) is 58.3 Å². The first-order chi connectivity index (χ1) is 28.0. The van der Waals surface area contributed by atoms with Crippen LogP contribution in [0.2, 0.25) is 0 Å². The number of rotatable bonds is 18. The van der Waals surface area contributed by atoms with Gasteiger partial charge in [-0.3, -0.25) is 60.3 Å². The molecule has 22 heteroatoms. The van der Waals surface area contributed by atoms with Crippen LogP contribution in [0.5, 0.6) is 0 Å². The fourth-order valence-electron chi connectivity index (χ4n) is 5.66. The molecule has 58 heavy (non-hydrogen) atoms. The van der Waals surface area contributed by atoms with Crippen molar-refractivity contribution >= 4 is 138 Å². The number of hydrazine groups is 2. The molecule has 304 valence electrons. The maximum Gasteiger partial charge on any atom is 0.267 e. The summed E-state index contributed by atoms with van der Waals surface area (Å²) in [6.45, 7) is 0.676. The van der Waals surface area contributed by atoms with Crippen molar-refractivity contribution in [3.8, 4) is 0 Å². The van der Waals surface area contributed by atoms with Gasteiger partial charge in [0, 0.05) is 25.9 Å². The minimum absolute atomic E-state index is 0.0763. The highest BCUT2D eigenvalue weighted by Gasteiger charge is 2.41. The Bertz CT molecular complexity index is 2060. The first kappa shape index (κ1) is 43.1. The van der Waals surface area contributed by atoms with Crippen molar-refractivity contribution in [1.82, 2.24) is 51.4 Å². The van der Waals surface area contributed by atoms with E-state index in [9.17, 15) is 28.8 Å². The minimum Gasteiger partial charge on any atom is -0.333 e. The van der Waals surface area contributed by atoms with E-state index in [1.807, 2.05) is 48.5 Å². The molecule has 0 atom stereocenters. The Morgan fingerprint density at radius 2 is 0.983 bits per heavy atom. The van der Waals surface area contributed by atoms with Crippen molar-refractivity contribution in [2.75, 3.05) is 24.6 Å². The number of hydrogen-bond donors (Lipinski definition) is 6. The van der Waals surface area contributed by atoms with Gasteiger partial charge in [0.25, 0.3) is 11.8 Å². The van der Waals surface area contributed by atoms with Crippen LogP contribution >= 0.6 is 71.5 Å². The number of hydrogen-bond acceptors (Lipinski definition) is 14. The van der Waals surface area contributed by atoms with Crippen LogP contribution in [0, 0.1) is 0 Å². The molecule has 4 heterocycles. The van der Waals surface area contributed by atoms with E-state index in [1.165, 1.54) is 33.3 Å². The number of unbranched alkanes of at least 4 members (excludes halogenated alkanes) is 4. The average molecular weight is 899 g/mol. The van der Waals surface area contributed by atoms with Gasteiger partial charge in [0.05, 0.1) is 43.4 Å². The molecule has 6 rings (SSSR count). The molecular weight excluding hydrogens is 861 g/mol. The number of para-hydroxylation sites is 4. The van der Waals surface area contributed by atoms with Gasteiger partial charge in [-0.05, 0) is 49.9 Å². The molecule has 0 bridgehead atoms. The van der Waals surface area contributed by atoms with Crippen molar-refractivity contribution in [2.45, 2.75) is 61.7 Å². The number of amides is 6. The number of thioether (sulfide) groups is 4. The highest BCUT2D eigenvalue weighted by atomic mass is 32.2. The number of thiocarbonyl (C=S) groups is 2. The number of benzene rings is 2. The van der Waals surface area contributed by atoms with Crippen molar-refractivity contribution < 1.29 is 28.8 Å². The first-order valence-corrected chi connectivity index (χ1v) is 22.6. The summed E-state index contributed by atoms with van der Waals surface area (Å²) in [5.41, 5.74) is 13.0. The van der Waals surface area contributed by atoms with Crippen LogP contribution in [-0.2, 0) is 28.8 Å². The van der Waals surface area contributed by atoms with Gasteiger partial charge in [0.1, 0.15) is 8.64 Å². The molecule has 2 fully saturated rings. The second-order valence-electron chi connectivity index (χ2n) is 12.8. The van der Waals surface area contributed by atoms with Crippen molar-refractivity contribution in [1.29, 1.82) is 0 Å². The lowest BCUT2D eigenvalue weighted by Gasteiger charge is -2.14. The summed E-state index contributed by atoms with van der Waals surface area (Å²) < 4.78 is 0.705. The highest BCUT2D eigenvalue weighted by Crippen LogP contribution is 2.42. The van der Waals surface area contributed by atoms with Gasteiger partial charge in [0.15, 0.2) is 10.3 Å². The number of fused-ring (bicyclic) bond motifs is 2. The van der Waals surface area contributed by atoms with Gasteiger partial charge < -0.3 is 9.97 Å². The minimum atomic E-state index is -0.363. The average Bonchev–Trinajstić information content (AvgIpc) is 3.97. The molecule has 0 aliphatic carbocycles. The van der Waals surface area contributed by atoms with Gasteiger partial charge in [-0.25, -0.2) is 9.97 Å². The monoisotopic (exact) mass is 898 g/mol. The molecule has 2 aliphatic rings. The molecule has 4 aromatic rings. The molecule has 6 amide bonds. The lowest BCUT2D eigenvalue weighted by atomic mass is 10.2. The zero-order valence-corrected chi connectivity index (χ0v) is 35.7. The zero-order chi connectivity index (χ0) is 41.0. The Kier molecular flexibility index (Phi) is 15.6. The number of nitrogens with one attached hydrogen (secondary N) is 6. The maximum atomic E-state index is 13.3. The van der Waals surface area contributed by atoms with Gasteiger partial charge in [-0.15, -0.1) is 0 Å². The summed E-state index contributed by atoms with van der Waals surface area (Å²) in [4.78, 5) is 94.0. The predicted molar refractivity (Wildman–Crippen MR) is 234 cm³/mol. The van der Waals surface area contributed by atoms with Crippen LogP contribution in [0.1, 0.15) is 51.4 Å². The van der Waals surface area contributed by atoms with Crippen LogP contribution in [0.3, 0.4) is 0 Å². The van der Waals surface area contributed by atoms with E-state index < -0.39 is 0 Å². The number of aromatic amines is 2. The normalized spacial score (nSPS) is 15.5. The number of carbonyl (C=O) groups is 6. The molecule has 2 aliphatic heterocycles. The largest absolute Gasteiger partial charge is 0.333 e. The Hall–Kier alpha value is -4.48. The molecule has 6 N–H and O–H groups in total. The number of nitrogens with zero attached hydrogens (tertiary/aromatic N) is 4. The number of H-pyrrole nitrogens is 2. The summed E-state index contributed by atoms with van der Waals surface area (Å²) in [6.07, 6.45) is 3.89. The Balaban J connectivity index is 0.818. The second kappa shape index (κ2) is 21.0. The van der Waals surface area contributed by atoms with Crippen molar-refractivity contribution in [3.63, 3.8) is 0 Å². The third kappa shape index (κ3) is 11.8. The number of aromatic nitrogens is 4. The van der Waals surface area contributed by atoms with E-state index in [0.717, 1.165) is 45.6 Å². The Labute approximate surface area is 360 Å². The fraction of sp³-hybridized carbons (Fsp3) is 0.333. The van der Waals surface area contributed by atoms with Crippen LogP contribution in [0.4, 0.5) is 0 Å². The zero-order valence-electron chi connectivity index (χ0n) is 30.8. The predicted octanol–water partition coefficient (Wildman–Crippen LogP) is 4.67. The van der Waals surface area contributed by atoms with E-state index in [4.69, 9.17) is 24.4 Å². The second-order valence-corrected chi connectivity index (χ2v) is 18.0. The molecule has 0 unspecified atom stereocenters. The summed E-state index contributed by atoms with van der Waals surface area (Å²) in [5.74, 6) is -1.92. The van der Waals surface area contributed by atoms with Crippen LogP contribution in [0.15, 0.2) is 68.7 Å². The van der Waals surface area contributed by atoms with E-state index >= 15 is 0 Å². The number of carbonyl (C=O) groups excluding carboxylic acids is 6. The van der Waals surface area contributed by atoms with Gasteiger partial charge >= 0.3 is 0 Å². The van der Waals surface area contributed by atoms with E-state index in [1.54, 1.807) is 0 Å². The quantitative estimate of drug-likeness (QED) is 0.0264. The summed E-state index contributed by atoms with van der Waals surface area (Å²) in [5, 5.41) is 1.22. The molecule has 2 aromatic heterocycles. The molecule has 2 aromatic carbocycles. The van der Waals surface area contributed by atoms with E-state index in [0.29, 0.717) is 70.6 Å². The lowest BCUT2D eigenvalue weighted by Crippen LogP contribution is -2.42. The van der Waals surface area contributed by atoms with Gasteiger partial charge in [-0.2, -0.15) is 0 Å². The number of imidazole rings is 2. The molecular formula is C36H38N10O6S6. The summed E-state index contributed by atoms with van der Waals surface area (Å²) in [6, 6.07) is 15.1. The van der Waals surface area contributed by atoms with Gasteiger partial charge in [0.2, 0.25) is 23.6 Å². The molecule has 0 radical (unpaired) electrons. The summed E-state index contributed by atoms with van der Waals surface area (Å²) >= 11 is 15.6. The third-order valence-corrected chi connectivity index (χ3v) is 13.3.